The first-order valence-electron chi connectivity index (χ1n) is 4.07. The maximum atomic E-state index is 3.72. The lowest BCUT2D eigenvalue weighted by molar-refractivity contribution is -0.492. The summed E-state index contributed by atoms with van der Waals surface area (Å²) in [7, 11) is 1.94. The highest BCUT2D eigenvalue weighted by molar-refractivity contribution is 5.14. The Morgan fingerprint density at radius 3 is 2.73 bits per heavy atom. The molecule has 1 N–H and O–H groups in total. The molecule has 0 spiro atoms. The molecule has 0 aliphatic heterocycles. The van der Waals surface area contributed by atoms with Crippen molar-refractivity contribution in [2.45, 2.75) is 26.7 Å². The Bertz CT molecular complexity index is 148. The molecule has 0 amide bonds. The maximum absolute atomic E-state index is 3.72. The Balaban J connectivity index is 3.47. The van der Waals surface area contributed by atoms with Crippen LogP contribution in [0.15, 0.2) is 11.8 Å². The maximum Gasteiger partial charge on any atom is 0.214 e. The van der Waals surface area contributed by atoms with E-state index in [9.17, 15) is 0 Å². The van der Waals surface area contributed by atoms with Gasteiger partial charge in [0.1, 0.15) is 13.8 Å². The van der Waals surface area contributed by atoms with E-state index in [1.807, 2.05) is 11.6 Å². The van der Waals surface area contributed by atoms with Gasteiger partial charge in [0.25, 0.3) is 0 Å². The van der Waals surface area contributed by atoms with Gasteiger partial charge >= 0.3 is 0 Å². The van der Waals surface area contributed by atoms with Crippen LogP contribution in [0.1, 0.15) is 26.7 Å². The minimum absolute atomic E-state index is 0.807. The molecule has 2 nitrogen and oxygen atoms in total. The van der Waals surface area contributed by atoms with Crippen molar-refractivity contribution in [2.24, 2.45) is 0 Å². The lowest BCUT2D eigenvalue weighted by atomic mass is 10.2. The highest BCUT2D eigenvalue weighted by atomic mass is 15.1. The van der Waals surface area contributed by atoms with E-state index in [0.717, 1.165) is 6.67 Å². The van der Waals surface area contributed by atoms with Gasteiger partial charge in [-0.1, -0.05) is 18.9 Å². The normalized spacial score (nSPS) is 11.4. The Kier molecular flexibility index (Phi) is 5.53. The van der Waals surface area contributed by atoms with Crippen LogP contribution in [0.2, 0.25) is 0 Å². The van der Waals surface area contributed by atoms with Gasteiger partial charge in [0, 0.05) is 6.20 Å². The van der Waals surface area contributed by atoms with Crippen LogP contribution in [-0.4, -0.2) is 25.0 Å². The van der Waals surface area contributed by atoms with Crippen molar-refractivity contribution in [3.63, 3.8) is 0 Å². The molecule has 0 bridgehead atoms. The third kappa shape index (κ3) is 7.10. The predicted molar refractivity (Wildman–Crippen MR) is 50.0 cm³/mol. The Morgan fingerprint density at radius 2 is 2.27 bits per heavy atom. The number of nitrogens with zero attached hydrogens (tertiary/aromatic N) is 1. The van der Waals surface area contributed by atoms with Crippen LogP contribution < -0.4 is 5.32 Å². The van der Waals surface area contributed by atoms with Crippen LogP contribution in [-0.2, 0) is 0 Å². The standard InChI is InChI=1S/C9H19N2/c1-5-6-9(2)7-10-8-11(3)4/h7,10H,3,5-6,8H2,1-2,4H3/q+1. The van der Waals surface area contributed by atoms with Crippen molar-refractivity contribution in [3.05, 3.63) is 11.8 Å². The fourth-order valence-electron chi connectivity index (χ4n) is 0.842. The van der Waals surface area contributed by atoms with E-state index in [4.69, 9.17) is 0 Å². The van der Waals surface area contributed by atoms with Gasteiger partial charge in [-0.25, -0.2) is 4.58 Å². The molecule has 0 rings (SSSR count). The van der Waals surface area contributed by atoms with E-state index in [2.05, 4.69) is 32.1 Å². The van der Waals surface area contributed by atoms with E-state index in [0.29, 0.717) is 0 Å². The van der Waals surface area contributed by atoms with Gasteiger partial charge in [-0.05, 0) is 13.3 Å². The van der Waals surface area contributed by atoms with Gasteiger partial charge < -0.3 is 5.32 Å². The minimum atomic E-state index is 0.807. The van der Waals surface area contributed by atoms with Crippen molar-refractivity contribution in [2.75, 3.05) is 13.7 Å². The fourth-order valence-corrected chi connectivity index (χ4v) is 0.842. The van der Waals surface area contributed by atoms with E-state index < -0.39 is 0 Å². The van der Waals surface area contributed by atoms with Crippen LogP contribution in [0.5, 0.6) is 0 Å². The summed E-state index contributed by atoms with van der Waals surface area (Å²) in [6.45, 7) is 8.85. The van der Waals surface area contributed by atoms with Gasteiger partial charge in [0.2, 0.25) is 6.67 Å². The molecule has 0 aliphatic rings. The highest BCUT2D eigenvalue weighted by Crippen LogP contribution is 1.99. The monoisotopic (exact) mass is 155 g/mol. The molecular formula is C9H19N2+. The van der Waals surface area contributed by atoms with Crippen LogP contribution in [0, 0.1) is 0 Å². The zero-order valence-electron chi connectivity index (χ0n) is 7.85. The predicted octanol–water partition coefficient (Wildman–Crippen LogP) is 1.58. The van der Waals surface area contributed by atoms with Gasteiger partial charge in [0.15, 0.2) is 0 Å². The molecule has 0 aromatic carbocycles. The van der Waals surface area contributed by atoms with Crippen LogP contribution >= 0.6 is 0 Å². The zero-order chi connectivity index (χ0) is 8.69. The lowest BCUT2D eigenvalue weighted by Crippen LogP contribution is -2.18. The summed E-state index contributed by atoms with van der Waals surface area (Å²) in [5, 5.41) is 3.17. The van der Waals surface area contributed by atoms with Crippen LogP contribution in [0.4, 0.5) is 0 Å². The molecule has 64 valence electrons. The second kappa shape index (κ2) is 5.96. The summed E-state index contributed by atoms with van der Waals surface area (Å²) in [5.41, 5.74) is 1.40. The van der Waals surface area contributed by atoms with E-state index in [-0.39, 0.29) is 0 Å². The van der Waals surface area contributed by atoms with Crippen molar-refractivity contribution in [1.82, 2.24) is 5.32 Å². The second-order valence-electron chi connectivity index (χ2n) is 2.96. The Morgan fingerprint density at radius 1 is 1.64 bits per heavy atom. The molecular weight excluding hydrogens is 136 g/mol. The van der Waals surface area contributed by atoms with Gasteiger partial charge in [-0.3, -0.25) is 0 Å². The molecule has 0 unspecified atom stereocenters. The molecule has 2 heteroatoms. The summed E-state index contributed by atoms with van der Waals surface area (Å²) in [4.78, 5) is 0. The average Bonchev–Trinajstić information content (AvgIpc) is 1.87. The SMILES string of the molecule is C=[N+](C)CNC=C(C)CCC. The largest absolute Gasteiger partial charge is 0.337 e. The molecule has 0 aliphatic carbocycles. The summed E-state index contributed by atoms with van der Waals surface area (Å²) in [6.07, 6.45) is 4.45. The lowest BCUT2D eigenvalue weighted by Gasteiger charge is -1.99. The van der Waals surface area contributed by atoms with E-state index in [1.165, 1.54) is 18.4 Å². The first kappa shape index (κ1) is 10.2. The average molecular weight is 155 g/mol. The first-order chi connectivity index (χ1) is 5.16. The molecule has 0 aromatic rings. The van der Waals surface area contributed by atoms with Gasteiger partial charge in [-0.2, -0.15) is 0 Å². The van der Waals surface area contributed by atoms with Gasteiger partial charge in [-0.15, -0.1) is 0 Å². The highest BCUT2D eigenvalue weighted by Gasteiger charge is 1.88. The summed E-state index contributed by atoms with van der Waals surface area (Å²) in [6, 6.07) is 0. The molecule has 0 saturated heterocycles. The number of nitrogens with one attached hydrogen (secondary N) is 1. The summed E-state index contributed by atoms with van der Waals surface area (Å²) in [5.74, 6) is 0. The topological polar surface area (TPSA) is 15.0 Å². The molecule has 0 radical (unpaired) electrons. The number of hydrogen-bond donors (Lipinski definition) is 1. The molecule has 0 aromatic heterocycles. The molecule has 0 atom stereocenters. The number of allylic oxidation sites excluding steroid dienone is 1. The van der Waals surface area contributed by atoms with Gasteiger partial charge in [0.05, 0.1) is 0 Å². The van der Waals surface area contributed by atoms with E-state index >= 15 is 0 Å². The summed E-state index contributed by atoms with van der Waals surface area (Å²) >= 11 is 0. The van der Waals surface area contributed by atoms with Crippen LogP contribution in [0.3, 0.4) is 0 Å². The van der Waals surface area contributed by atoms with Crippen molar-refractivity contribution in [1.29, 1.82) is 0 Å². The number of hydrogen-bond acceptors (Lipinski definition) is 1. The van der Waals surface area contributed by atoms with Crippen molar-refractivity contribution < 1.29 is 4.58 Å². The third-order valence-corrected chi connectivity index (χ3v) is 1.35. The molecule has 0 fully saturated rings. The molecule has 0 heterocycles. The molecule has 11 heavy (non-hydrogen) atoms. The van der Waals surface area contributed by atoms with Crippen LogP contribution in [0.25, 0.3) is 0 Å². The smallest absolute Gasteiger partial charge is 0.214 e. The first-order valence-corrected chi connectivity index (χ1v) is 4.07. The quantitative estimate of drug-likeness (QED) is 0.362. The summed E-state index contributed by atoms with van der Waals surface area (Å²) < 4.78 is 1.86. The fraction of sp³-hybridized carbons (Fsp3) is 0.667. The second-order valence-corrected chi connectivity index (χ2v) is 2.96. The third-order valence-electron chi connectivity index (χ3n) is 1.35. The van der Waals surface area contributed by atoms with E-state index in [1.54, 1.807) is 0 Å². The zero-order valence-corrected chi connectivity index (χ0v) is 7.85. The Labute approximate surface area is 69.6 Å². The van der Waals surface area contributed by atoms with Crippen molar-refractivity contribution in [3.8, 4) is 0 Å². The Hall–Kier alpha value is -0.790. The number of rotatable bonds is 5. The van der Waals surface area contributed by atoms with Crippen molar-refractivity contribution >= 4 is 6.72 Å². The molecule has 0 saturated carbocycles. The minimum Gasteiger partial charge on any atom is -0.337 e.